The van der Waals surface area contributed by atoms with Gasteiger partial charge in [0.05, 0.1) is 0 Å². The number of urea groups is 1. The summed E-state index contributed by atoms with van der Waals surface area (Å²) < 4.78 is 0. The summed E-state index contributed by atoms with van der Waals surface area (Å²) >= 11 is 0. The molecule has 6 heteroatoms. The lowest BCUT2D eigenvalue weighted by Gasteiger charge is -2.19. The molecule has 0 radical (unpaired) electrons. The maximum absolute atomic E-state index is 12.8. The van der Waals surface area contributed by atoms with Crippen LogP contribution in [0, 0.1) is 6.92 Å². The summed E-state index contributed by atoms with van der Waals surface area (Å²) in [5.41, 5.74) is 5.00. The molecule has 0 bridgehead atoms. The average Bonchev–Trinajstić information content (AvgIpc) is 3.21. The number of carbonyl (C=O) groups is 3. The van der Waals surface area contributed by atoms with E-state index in [4.69, 9.17) is 0 Å². The molecule has 1 atom stereocenters. The first kappa shape index (κ1) is 18.2. The highest BCUT2D eigenvalue weighted by atomic mass is 16.2. The van der Waals surface area contributed by atoms with Crippen LogP contribution in [0.3, 0.4) is 0 Å². The fourth-order valence-electron chi connectivity index (χ4n) is 3.90. The van der Waals surface area contributed by atoms with Gasteiger partial charge >= 0.3 is 6.03 Å². The molecule has 2 aromatic rings. The second-order valence-electron chi connectivity index (χ2n) is 7.47. The minimum Gasteiger partial charge on any atom is -0.325 e. The number of hydrogen-bond acceptors (Lipinski definition) is 3. The van der Waals surface area contributed by atoms with Crippen molar-refractivity contribution in [3.63, 3.8) is 0 Å². The van der Waals surface area contributed by atoms with E-state index in [-0.39, 0.29) is 18.4 Å². The van der Waals surface area contributed by atoms with Gasteiger partial charge in [-0.15, -0.1) is 0 Å². The van der Waals surface area contributed by atoms with Gasteiger partial charge in [-0.25, -0.2) is 4.79 Å². The Balaban J connectivity index is 1.46. The molecule has 0 saturated carbocycles. The fourth-order valence-corrected chi connectivity index (χ4v) is 3.90. The summed E-state index contributed by atoms with van der Waals surface area (Å²) in [4.78, 5) is 40.3. The predicted molar refractivity (Wildman–Crippen MR) is 107 cm³/mol. The SMILES string of the molecule is Cc1ccc(N2C(=O)N(CC(=O)Nc3ccc4c(c3)CCC4)C(=O)[C@@H]2C)cc1. The second kappa shape index (κ2) is 7.11. The molecular formula is C22H23N3O3. The number of carbonyl (C=O) groups excluding carboxylic acids is 3. The van der Waals surface area contributed by atoms with Crippen LogP contribution in [-0.4, -0.2) is 35.3 Å². The molecule has 2 aliphatic rings. The van der Waals surface area contributed by atoms with E-state index in [9.17, 15) is 14.4 Å². The standard InChI is InChI=1S/C22H23N3O3/c1-14-6-10-19(11-7-14)25-15(2)21(27)24(22(25)28)13-20(26)23-18-9-8-16-4-3-5-17(16)12-18/h6-12,15H,3-5,13H2,1-2H3,(H,23,26)/t15-/m0/s1. The molecule has 1 saturated heterocycles. The Labute approximate surface area is 164 Å². The van der Waals surface area contributed by atoms with Crippen molar-refractivity contribution in [2.75, 3.05) is 16.8 Å². The van der Waals surface area contributed by atoms with E-state index >= 15 is 0 Å². The monoisotopic (exact) mass is 377 g/mol. The molecule has 4 rings (SSSR count). The molecule has 4 amide bonds. The molecule has 1 heterocycles. The number of benzene rings is 2. The number of amides is 4. The van der Waals surface area contributed by atoms with Crippen molar-refractivity contribution in [1.29, 1.82) is 0 Å². The van der Waals surface area contributed by atoms with Crippen LogP contribution in [-0.2, 0) is 22.4 Å². The van der Waals surface area contributed by atoms with Gasteiger partial charge in [0.2, 0.25) is 5.91 Å². The van der Waals surface area contributed by atoms with Crippen LogP contribution in [0.1, 0.15) is 30.0 Å². The molecule has 6 nitrogen and oxygen atoms in total. The van der Waals surface area contributed by atoms with E-state index in [1.807, 2.05) is 49.4 Å². The highest BCUT2D eigenvalue weighted by Crippen LogP contribution is 2.27. The number of nitrogens with one attached hydrogen (secondary N) is 1. The van der Waals surface area contributed by atoms with Crippen molar-refractivity contribution in [2.24, 2.45) is 0 Å². The summed E-state index contributed by atoms with van der Waals surface area (Å²) in [6.45, 7) is 3.35. The first-order chi connectivity index (χ1) is 13.4. The Morgan fingerprint density at radius 2 is 1.79 bits per heavy atom. The first-order valence-corrected chi connectivity index (χ1v) is 9.57. The molecule has 28 heavy (non-hydrogen) atoms. The maximum atomic E-state index is 12.8. The van der Waals surface area contributed by atoms with Gasteiger partial charge in [0.25, 0.3) is 5.91 Å². The molecule has 1 aliphatic heterocycles. The number of rotatable bonds is 4. The summed E-state index contributed by atoms with van der Waals surface area (Å²) in [6.07, 6.45) is 3.23. The summed E-state index contributed by atoms with van der Waals surface area (Å²) in [7, 11) is 0. The molecule has 2 aromatic carbocycles. The maximum Gasteiger partial charge on any atom is 0.332 e. The largest absolute Gasteiger partial charge is 0.332 e. The smallest absolute Gasteiger partial charge is 0.325 e. The number of fused-ring (bicyclic) bond motifs is 1. The second-order valence-corrected chi connectivity index (χ2v) is 7.47. The van der Waals surface area contributed by atoms with Gasteiger partial charge in [0.15, 0.2) is 0 Å². The molecule has 1 N–H and O–H groups in total. The van der Waals surface area contributed by atoms with Crippen LogP contribution >= 0.6 is 0 Å². The van der Waals surface area contributed by atoms with Crippen molar-refractivity contribution in [1.82, 2.24) is 4.90 Å². The number of nitrogens with zero attached hydrogens (tertiary/aromatic N) is 2. The van der Waals surface area contributed by atoms with Crippen molar-refractivity contribution >= 4 is 29.2 Å². The number of anilines is 2. The van der Waals surface area contributed by atoms with Gasteiger partial charge in [-0.1, -0.05) is 23.8 Å². The Morgan fingerprint density at radius 3 is 2.54 bits per heavy atom. The first-order valence-electron chi connectivity index (χ1n) is 9.57. The summed E-state index contributed by atoms with van der Waals surface area (Å²) in [5.74, 6) is -0.743. The number of aryl methyl sites for hydroxylation is 3. The third-order valence-electron chi connectivity index (χ3n) is 5.44. The minimum absolute atomic E-state index is 0.290. The summed E-state index contributed by atoms with van der Waals surface area (Å²) in [5, 5.41) is 2.81. The third-order valence-corrected chi connectivity index (χ3v) is 5.44. The Morgan fingerprint density at radius 1 is 1.07 bits per heavy atom. The van der Waals surface area contributed by atoms with Crippen LogP contribution in [0.5, 0.6) is 0 Å². The highest BCUT2D eigenvalue weighted by Gasteiger charge is 2.44. The third kappa shape index (κ3) is 3.26. The Bertz CT molecular complexity index is 952. The van der Waals surface area contributed by atoms with E-state index in [0.717, 1.165) is 29.7 Å². The zero-order chi connectivity index (χ0) is 19.8. The van der Waals surface area contributed by atoms with Crippen LogP contribution < -0.4 is 10.2 Å². The lowest BCUT2D eigenvalue weighted by Crippen LogP contribution is -2.39. The van der Waals surface area contributed by atoms with Gasteiger partial charge in [0.1, 0.15) is 12.6 Å². The fraction of sp³-hybridized carbons (Fsp3) is 0.318. The molecule has 0 unspecified atom stereocenters. The van der Waals surface area contributed by atoms with Gasteiger partial charge in [0, 0.05) is 11.4 Å². The molecule has 1 fully saturated rings. The highest BCUT2D eigenvalue weighted by molar-refractivity contribution is 6.16. The van der Waals surface area contributed by atoms with Gasteiger partial charge in [-0.2, -0.15) is 0 Å². The molecule has 0 spiro atoms. The normalized spacial score (nSPS) is 18.6. The quantitative estimate of drug-likeness (QED) is 0.832. The lowest BCUT2D eigenvalue weighted by atomic mass is 10.1. The van der Waals surface area contributed by atoms with Gasteiger partial charge in [-0.05, 0) is 68.5 Å². The van der Waals surface area contributed by atoms with Gasteiger partial charge in [-0.3, -0.25) is 19.4 Å². The van der Waals surface area contributed by atoms with E-state index in [1.54, 1.807) is 6.92 Å². The van der Waals surface area contributed by atoms with Crippen molar-refractivity contribution in [3.8, 4) is 0 Å². The minimum atomic E-state index is -0.636. The van der Waals surface area contributed by atoms with E-state index < -0.39 is 12.1 Å². The topological polar surface area (TPSA) is 69.7 Å². The zero-order valence-electron chi connectivity index (χ0n) is 16.1. The van der Waals surface area contributed by atoms with Crippen LogP contribution in [0.4, 0.5) is 16.2 Å². The Kier molecular flexibility index (Phi) is 4.63. The van der Waals surface area contributed by atoms with Crippen LogP contribution in [0.2, 0.25) is 0 Å². The van der Waals surface area contributed by atoms with Gasteiger partial charge < -0.3 is 5.32 Å². The molecule has 0 aromatic heterocycles. The van der Waals surface area contributed by atoms with Crippen molar-refractivity contribution in [3.05, 3.63) is 59.2 Å². The zero-order valence-corrected chi connectivity index (χ0v) is 16.1. The summed E-state index contributed by atoms with van der Waals surface area (Å²) in [6, 6.07) is 12.2. The van der Waals surface area contributed by atoms with Crippen molar-refractivity contribution < 1.29 is 14.4 Å². The van der Waals surface area contributed by atoms with E-state index in [2.05, 4.69) is 5.32 Å². The Hall–Kier alpha value is -3.15. The molecular weight excluding hydrogens is 354 g/mol. The molecule has 144 valence electrons. The molecule has 1 aliphatic carbocycles. The van der Waals surface area contributed by atoms with E-state index in [1.165, 1.54) is 16.0 Å². The predicted octanol–water partition coefficient (Wildman–Crippen LogP) is 3.28. The number of hydrogen-bond donors (Lipinski definition) is 1. The average molecular weight is 377 g/mol. The van der Waals surface area contributed by atoms with Crippen LogP contribution in [0.25, 0.3) is 0 Å². The van der Waals surface area contributed by atoms with E-state index in [0.29, 0.717) is 11.4 Å². The van der Waals surface area contributed by atoms with Crippen LogP contribution in [0.15, 0.2) is 42.5 Å². The lowest BCUT2D eigenvalue weighted by molar-refractivity contribution is -0.130. The number of imide groups is 1. The van der Waals surface area contributed by atoms with Crippen molar-refractivity contribution in [2.45, 2.75) is 39.2 Å².